The number of nitrogens with one attached hydrogen (secondary N) is 2. The summed E-state index contributed by atoms with van der Waals surface area (Å²) in [6.07, 6.45) is 0. The maximum atomic E-state index is 11.4. The van der Waals surface area contributed by atoms with Gasteiger partial charge in [-0.25, -0.2) is 9.78 Å². The first kappa shape index (κ1) is 13.6. The van der Waals surface area contributed by atoms with Crippen molar-refractivity contribution >= 4 is 28.6 Å². The molecule has 0 aliphatic rings. The number of imidazole rings is 1. The summed E-state index contributed by atoms with van der Waals surface area (Å²) in [6, 6.07) is 14.2. The Bertz CT molecular complexity index is 875. The fourth-order valence-corrected chi connectivity index (χ4v) is 2.08. The summed E-state index contributed by atoms with van der Waals surface area (Å²) in [5.74, 6) is 0.190. The summed E-state index contributed by atoms with van der Waals surface area (Å²) in [4.78, 5) is 18.9. The molecular weight excluding hydrogens is 280 g/mol. The highest BCUT2D eigenvalue weighted by Gasteiger charge is 2.06. The van der Waals surface area contributed by atoms with Gasteiger partial charge in [0.1, 0.15) is 0 Å². The van der Waals surface area contributed by atoms with Crippen LogP contribution in [0.2, 0.25) is 0 Å². The van der Waals surface area contributed by atoms with Gasteiger partial charge < -0.3 is 15.0 Å². The molecule has 22 heavy (non-hydrogen) atoms. The molecule has 0 radical (unpaired) electrons. The van der Waals surface area contributed by atoms with E-state index in [9.17, 15) is 4.79 Å². The fraction of sp³-hybridized carbons (Fsp3) is 0.0625. The summed E-state index contributed by atoms with van der Waals surface area (Å²) >= 11 is 0. The van der Waals surface area contributed by atoms with Crippen LogP contribution in [0.15, 0.2) is 42.5 Å². The number of hydrogen-bond donors (Lipinski definition) is 2. The van der Waals surface area contributed by atoms with Gasteiger partial charge in [-0.05, 0) is 42.5 Å². The zero-order valence-electron chi connectivity index (χ0n) is 11.8. The maximum absolute atomic E-state index is 11.4. The molecule has 2 N–H and O–H groups in total. The number of nitriles is 1. The monoisotopic (exact) mass is 292 g/mol. The molecule has 6 heteroatoms. The number of hydrogen-bond acceptors (Lipinski definition) is 5. The molecule has 108 valence electrons. The van der Waals surface area contributed by atoms with Crippen molar-refractivity contribution in [2.45, 2.75) is 0 Å². The van der Waals surface area contributed by atoms with E-state index in [0.29, 0.717) is 17.1 Å². The maximum Gasteiger partial charge on any atom is 0.337 e. The summed E-state index contributed by atoms with van der Waals surface area (Å²) < 4.78 is 4.65. The third-order valence-corrected chi connectivity index (χ3v) is 3.18. The molecule has 0 atom stereocenters. The Hall–Kier alpha value is -3.33. The van der Waals surface area contributed by atoms with Crippen molar-refractivity contribution in [3.05, 3.63) is 53.6 Å². The number of benzene rings is 2. The standard InChI is InChI=1S/C16H12N4O2/c1-22-15(21)11-3-5-12(6-4-11)18-16-19-13-7-2-10(9-17)8-14(13)20-16/h2-8H,1H3,(H2,18,19,20). The number of fused-ring (bicyclic) bond motifs is 1. The molecule has 3 aromatic rings. The van der Waals surface area contributed by atoms with Crippen LogP contribution in [0, 0.1) is 11.3 Å². The fourth-order valence-electron chi connectivity index (χ4n) is 2.08. The molecule has 0 saturated heterocycles. The van der Waals surface area contributed by atoms with Crippen molar-refractivity contribution in [1.82, 2.24) is 9.97 Å². The number of methoxy groups -OCH3 is 1. The van der Waals surface area contributed by atoms with E-state index in [2.05, 4.69) is 26.1 Å². The van der Waals surface area contributed by atoms with Gasteiger partial charge in [0.15, 0.2) is 0 Å². The van der Waals surface area contributed by atoms with Gasteiger partial charge >= 0.3 is 5.97 Å². The molecule has 0 saturated carbocycles. The molecule has 1 heterocycles. The Morgan fingerprint density at radius 3 is 2.73 bits per heavy atom. The molecule has 3 rings (SSSR count). The molecule has 1 aromatic heterocycles. The van der Waals surface area contributed by atoms with E-state index in [-0.39, 0.29) is 5.97 Å². The number of aromatic nitrogens is 2. The number of anilines is 2. The smallest absolute Gasteiger partial charge is 0.337 e. The third kappa shape index (κ3) is 2.60. The summed E-state index contributed by atoms with van der Waals surface area (Å²) in [5, 5.41) is 12.0. The average molecular weight is 292 g/mol. The lowest BCUT2D eigenvalue weighted by Gasteiger charge is -2.03. The van der Waals surface area contributed by atoms with E-state index in [1.54, 1.807) is 42.5 Å². The summed E-state index contributed by atoms with van der Waals surface area (Å²) in [7, 11) is 1.35. The first-order valence-electron chi connectivity index (χ1n) is 6.55. The van der Waals surface area contributed by atoms with E-state index in [1.807, 2.05) is 0 Å². The van der Waals surface area contributed by atoms with Crippen LogP contribution in [0.25, 0.3) is 11.0 Å². The predicted molar refractivity (Wildman–Crippen MR) is 81.9 cm³/mol. The lowest BCUT2D eigenvalue weighted by molar-refractivity contribution is 0.0601. The van der Waals surface area contributed by atoms with Crippen molar-refractivity contribution in [1.29, 1.82) is 5.26 Å². The zero-order valence-corrected chi connectivity index (χ0v) is 11.8. The molecule has 0 spiro atoms. The van der Waals surface area contributed by atoms with Crippen LogP contribution in [0.1, 0.15) is 15.9 Å². The highest BCUT2D eigenvalue weighted by Crippen LogP contribution is 2.19. The number of rotatable bonds is 3. The largest absolute Gasteiger partial charge is 0.465 e. The number of esters is 1. The van der Waals surface area contributed by atoms with Crippen LogP contribution >= 0.6 is 0 Å². The summed E-state index contributed by atoms with van der Waals surface area (Å²) in [5.41, 5.74) is 3.40. The lowest BCUT2D eigenvalue weighted by Crippen LogP contribution is -2.01. The van der Waals surface area contributed by atoms with Crippen molar-refractivity contribution in [3.8, 4) is 6.07 Å². The quantitative estimate of drug-likeness (QED) is 0.724. The minimum atomic E-state index is -0.376. The van der Waals surface area contributed by atoms with Crippen LogP contribution in [-0.4, -0.2) is 23.0 Å². The molecule has 0 aliphatic heterocycles. The van der Waals surface area contributed by atoms with E-state index in [4.69, 9.17) is 5.26 Å². The molecule has 0 fully saturated rings. The highest BCUT2D eigenvalue weighted by molar-refractivity contribution is 5.89. The Morgan fingerprint density at radius 2 is 2.05 bits per heavy atom. The normalized spacial score (nSPS) is 10.2. The van der Waals surface area contributed by atoms with Crippen LogP contribution in [-0.2, 0) is 4.74 Å². The second-order valence-electron chi connectivity index (χ2n) is 4.62. The Kier molecular flexibility index (Phi) is 3.46. The SMILES string of the molecule is COC(=O)c1ccc(Nc2nc3ccc(C#N)cc3[nH]2)cc1. The molecular formula is C16H12N4O2. The van der Waals surface area contributed by atoms with E-state index >= 15 is 0 Å². The number of carbonyl (C=O) groups excluding carboxylic acids is 1. The number of nitrogens with zero attached hydrogens (tertiary/aromatic N) is 2. The van der Waals surface area contributed by atoms with E-state index in [1.165, 1.54) is 7.11 Å². The van der Waals surface area contributed by atoms with Crippen LogP contribution in [0.4, 0.5) is 11.6 Å². The third-order valence-electron chi connectivity index (χ3n) is 3.18. The number of aromatic amines is 1. The summed E-state index contributed by atoms with van der Waals surface area (Å²) in [6.45, 7) is 0. The number of H-pyrrole nitrogens is 1. The molecule has 6 nitrogen and oxygen atoms in total. The van der Waals surface area contributed by atoms with Gasteiger partial charge in [0.2, 0.25) is 5.95 Å². The number of ether oxygens (including phenoxy) is 1. The van der Waals surface area contributed by atoms with E-state index < -0.39 is 0 Å². The zero-order chi connectivity index (χ0) is 15.5. The van der Waals surface area contributed by atoms with Crippen LogP contribution in [0.3, 0.4) is 0 Å². The molecule has 0 bridgehead atoms. The van der Waals surface area contributed by atoms with Gasteiger partial charge in [0, 0.05) is 5.69 Å². The molecule has 0 amide bonds. The minimum absolute atomic E-state index is 0.376. The van der Waals surface area contributed by atoms with Gasteiger partial charge in [0.05, 0.1) is 35.3 Å². The first-order valence-corrected chi connectivity index (χ1v) is 6.55. The predicted octanol–water partition coefficient (Wildman–Crippen LogP) is 2.96. The van der Waals surface area contributed by atoms with Gasteiger partial charge in [-0.2, -0.15) is 5.26 Å². The lowest BCUT2D eigenvalue weighted by atomic mass is 10.2. The average Bonchev–Trinajstić information content (AvgIpc) is 2.95. The topological polar surface area (TPSA) is 90.8 Å². The van der Waals surface area contributed by atoms with Crippen LogP contribution in [0.5, 0.6) is 0 Å². The molecule has 0 unspecified atom stereocenters. The molecule has 2 aromatic carbocycles. The minimum Gasteiger partial charge on any atom is -0.465 e. The van der Waals surface area contributed by atoms with Gasteiger partial charge in [-0.15, -0.1) is 0 Å². The second-order valence-corrected chi connectivity index (χ2v) is 4.62. The Labute approximate surface area is 126 Å². The van der Waals surface area contributed by atoms with Crippen molar-refractivity contribution in [2.24, 2.45) is 0 Å². The Morgan fingerprint density at radius 1 is 1.27 bits per heavy atom. The number of carbonyl (C=O) groups is 1. The van der Waals surface area contributed by atoms with Crippen molar-refractivity contribution in [2.75, 3.05) is 12.4 Å². The van der Waals surface area contributed by atoms with Crippen LogP contribution < -0.4 is 5.32 Å². The Balaban J connectivity index is 1.83. The van der Waals surface area contributed by atoms with Gasteiger partial charge in [-0.1, -0.05) is 0 Å². The van der Waals surface area contributed by atoms with Crippen molar-refractivity contribution in [3.63, 3.8) is 0 Å². The highest BCUT2D eigenvalue weighted by atomic mass is 16.5. The molecule has 0 aliphatic carbocycles. The first-order chi connectivity index (χ1) is 10.7. The van der Waals surface area contributed by atoms with Gasteiger partial charge in [0.25, 0.3) is 0 Å². The van der Waals surface area contributed by atoms with Gasteiger partial charge in [-0.3, -0.25) is 0 Å². The van der Waals surface area contributed by atoms with Crippen molar-refractivity contribution < 1.29 is 9.53 Å². The second kappa shape index (κ2) is 5.58. The van der Waals surface area contributed by atoms with E-state index in [0.717, 1.165) is 16.7 Å².